The maximum absolute atomic E-state index is 11.5. The number of rotatable bonds is 7. The van der Waals surface area contributed by atoms with Crippen molar-refractivity contribution in [3.63, 3.8) is 0 Å². The summed E-state index contributed by atoms with van der Waals surface area (Å²) in [5, 5.41) is 10.0. The highest BCUT2D eigenvalue weighted by atomic mass is 16.5. The third-order valence-electron chi connectivity index (χ3n) is 3.66. The maximum atomic E-state index is 11.5. The molecule has 1 aliphatic heterocycles. The Morgan fingerprint density at radius 3 is 2.62 bits per heavy atom. The van der Waals surface area contributed by atoms with Crippen LogP contribution in [0.4, 0.5) is 0 Å². The summed E-state index contributed by atoms with van der Waals surface area (Å²) in [7, 11) is 0. The van der Waals surface area contributed by atoms with Gasteiger partial charge in [0.25, 0.3) is 0 Å². The summed E-state index contributed by atoms with van der Waals surface area (Å²) in [6.45, 7) is 6.18. The van der Waals surface area contributed by atoms with Gasteiger partial charge in [0.15, 0.2) is 5.78 Å². The van der Waals surface area contributed by atoms with E-state index in [1.165, 1.54) is 4.90 Å². The Kier molecular flexibility index (Phi) is 6.17. The molecular formula is C16H24NO4+. The Balaban J connectivity index is 1.75. The van der Waals surface area contributed by atoms with Gasteiger partial charge in [-0.3, -0.25) is 4.79 Å². The third-order valence-corrected chi connectivity index (χ3v) is 3.66. The van der Waals surface area contributed by atoms with Crippen LogP contribution in [0.15, 0.2) is 24.3 Å². The number of morpholine rings is 1. The number of carbonyl (C=O) groups is 1. The second kappa shape index (κ2) is 8.12. The highest BCUT2D eigenvalue weighted by Crippen LogP contribution is 2.13. The van der Waals surface area contributed by atoms with E-state index >= 15 is 0 Å². The SMILES string of the molecule is CCC(=O)c1ccc(OC[C@@H](O)C[NH+]2CCOCC2)cc1. The van der Waals surface area contributed by atoms with E-state index in [4.69, 9.17) is 9.47 Å². The minimum absolute atomic E-state index is 0.123. The number of ether oxygens (including phenoxy) is 2. The Hall–Kier alpha value is -1.43. The maximum Gasteiger partial charge on any atom is 0.162 e. The van der Waals surface area contributed by atoms with E-state index < -0.39 is 6.10 Å². The van der Waals surface area contributed by atoms with Gasteiger partial charge in [0.2, 0.25) is 0 Å². The van der Waals surface area contributed by atoms with Crippen LogP contribution in [-0.2, 0) is 4.74 Å². The molecule has 1 atom stereocenters. The summed E-state index contributed by atoms with van der Waals surface area (Å²) < 4.78 is 10.9. The molecular weight excluding hydrogens is 270 g/mol. The largest absolute Gasteiger partial charge is 0.491 e. The van der Waals surface area contributed by atoms with E-state index in [1.54, 1.807) is 24.3 Å². The lowest BCUT2D eigenvalue weighted by Crippen LogP contribution is -3.15. The molecule has 0 aromatic heterocycles. The summed E-state index contributed by atoms with van der Waals surface area (Å²) in [6, 6.07) is 7.08. The minimum atomic E-state index is -0.491. The van der Waals surface area contributed by atoms with Crippen LogP contribution in [0.25, 0.3) is 0 Å². The first-order chi connectivity index (χ1) is 10.2. The van der Waals surface area contributed by atoms with Crippen molar-refractivity contribution in [3.05, 3.63) is 29.8 Å². The zero-order chi connectivity index (χ0) is 15.1. The molecule has 1 saturated heterocycles. The van der Waals surface area contributed by atoms with Crippen LogP contribution in [0, 0.1) is 0 Å². The van der Waals surface area contributed by atoms with Gasteiger partial charge in [0, 0.05) is 12.0 Å². The Labute approximate surface area is 125 Å². The molecule has 0 aliphatic carbocycles. The van der Waals surface area contributed by atoms with Crippen LogP contribution < -0.4 is 9.64 Å². The number of benzene rings is 1. The van der Waals surface area contributed by atoms with Gasteiger partial charge in [-0.2, -0.15) is 0 Å². The standard InChI is InChI=1S/C16H23NO4/c1-2-16(19)13-3-5-15(6-4-13)21-12-14(18)11-17-7-9-20-10-8-17/h3-6,14,18H,2,7-12H2,1H3/p+1/t14-/m0/s1. The van der Waals surface area contributed by atoms with E-state index in [2.05, 4.69) is 0 Å². The molecule has 0 amide bonds. The first-order valence-electron chi connectivity index (χ1n) is 7.54. The van der Waals surface area contributed by atoms with Crippen LogP contribution in [0.2, 0.25) is 0 Å². The van der Waals surface area contributed by atoms with Crippen LogP contribution in [0.3, 0.4) is 0 Å². The molecule has 2 rings (SSSR count). The fourth-order valence-corrected chi connectivity index (χ4v) is 2.39. The van der Waals surface area contributed by atoms with Gasteiger partial charge in [-0.1, -0.05) is 6.92 Å². The number of quaternary nitrogens is 1. The van der Waals surface area contributed by atoms with Crippen LogP contribution in [-0.4, -0.2) is 56.4 Å². The number of aliphatic hydroxyl groups is 1. The van der Waals surface area contributed by atoms with Gasteiger partial charge in [0.05, 0.1) is 13.2 Å². The van der Waals surface area contributed by atoms with E-state index in [-0.39, 0.29) is 12.4 Å². The second-order valence-corrected chi connectivity index (χ2v) is 5.33. The van der Waals surface area contributed by atoms with E-state index in [0.717, 1.165) is 26.3 Å². The smallest absolute Gasteiger partial charge is 0.162 e. The van der Waals surface area contributed by atoms with Gasteiger partial charge in [-0.05, 0) is 24.3 Å². The molecule has 0 unspecified atom stereocenters. The highest BCUT2D eigenvalue weighted by molar-refractivity contribution is 5.95. The van der Waals surface area contributed by atoms with Crippen LogP contribution >= 0.6 is 0 Å². The molecule has 1 fully saturated rings. The number of hydrogen-bond donors (Lipinski definition) is 2. The molecule has 0 radical (unpaired) electrons. The van der Waals surface area contributed by atoms with Crippen molar-refractivity contribution in [2.24, 2.45) is 0 Å². The zero-order valence-corrected chi connectivity index (χ0v) is 12.5. The Morgan fingerprint density at radius 2 is 2.00 bits per heavy atom. The average molecular weight is 294 g/mol. The molecule has 1 heterocycles. The molecule has 5 nitrogen and oxygen atoms in total. The summed E-state index contributed by atoms with van der Waals surface area (Å²) in [4.78, 5) is 12.9. The topological polar surface area (TPSA) is 60.2 Å². The van der Waals surface area contributed by atoms with Crippen molar-refractivity contribution in [2.75, 3.05) is 39.5 Å². The number of ketones is 1. The molecule has 2 N–H and O–H groups in total. The number of hydrogen-bond acceptors (Lipinski definition) is 4. The number of carbonyl (C=O) groups excluding carboxylic acids is 1. The van der Waals surface area contributed by atoms with Gasteiger partial charge in [-0.25, -0.2) is 0 Å². The number of nitrogens with one attached hydrogen (secondary N) is 1. The van der Waals surface area contributed by atoms with Crippen molar-refractivity contribution in [1.29, 1.82) is 0 Å². The van der Waals surface area contributed by atoms with Gasteiger partial charge >= 0.3 is 0 Å². The minimum Gasteiger partial charge on any atom is -0.491 e. The fraction of sp³-hybridized carbons (Fsp3) is 0.562. The predicted molar refractivity (Wildman–Crippen MR) is 78.9 cm³/mol. The van der Waals surface area contributed by atoms with E-state index in [9.17, 15) is 9.90 Å². The number of aliphatic hydroxyl groups excluding tert-OH is 1. The van der Waals surface area contributed by atoms with Crippen molar-refractivity contribution in [3.8, 4) is 5.75 Å². The van der Waals surface area contributed by atoms with Crippen molar-refractivity contribution in [1.82, 2.24) is 0 Å². The molecule has 116 valence electrons. The predicted octanol–water partition coefficient (Wildman–Crippen LogP) is -0.0659. The molecule has 1 aromatic rings. The highest BCUT2D eigenvalue weighted by Gasteiger charge is 2.18. The fourth-order valence-electron chi connectivity index (χ4n) is 2.39. The van der Waals surface area contributed by atoms with Crippen molar-refractivity contribution >= 4 is 5.78 Å². The summed E-state index contributed by atoms with van der Waals surface area (Å²) in [5.74, 6) is 0.802. The van der Waals surface area contributed by atoms with Gasteiger partial charge in [-0.15, -0.1) is 0 Å². The summed E-state index contributed by atoms with van der Waals surface area (Å²) in [5.41, 5.74) is 0.697. The Bertz CT molecular complexity index is 440. The van der Waals surface area contributed by atoms with Crippen molar-refractivity contribution < 1.29 is 24.3 Å². The monoisotopic (exact) mass is 294 g/mol. The molecule has 21 heavy (non-hydrogen) atoms. The van der Waals surface area contributed by atoms with Crippen LogP contribution in [0.5, 0.6) is 5.75 Å². The molecule has 0 bridgehead atoms. The van der Waals surface area contributed by atoms with Crippen molar-refractivity contribution in [2.45, 2.75) is 19.4 Å². The average Bonchev–Trinajstić information content (AvgIpc) is 2.53. The first kappa shape index (κ1) is 15.9. The normalized spacial score (nSPS) is 17.4. The van der Waals surface area contributed by atoms with Crippen LogP contribution in [0.1, 0.15) is 23.7 Å². The first-order valence-corrected chi connectivity index (χ1v) is 7.54. The zero-order valence-electron chi connectivity index (χ0n) is 12.5. The summed E-state index contributed by atoms with van der Waals surface area (Å²) in [6.07, 6.45) is 0.0105. The lowest BCUT2D eigenvalue weighted by molar-refractivity contribution is -0.911. The van der Waals surface area contributed by atoms with E-state index in [1.807, 2.05) is 6.92 Å². The molecule has 1 aliphatic rings. The third kappa shape index (κ3) is 5.12. The number of Topliss-reactive ketones (excluding diaryl/α,β-unsaturated/α-hetero) is 1. The van der Waals surface area contributed by atoms with E-state index in [0.29, 0.717) is 24.3 Å². The summed E-state index contributed by atoms with van der Waals surface area (Å²) >= 11 is 0. The van der Waals surface area contributed by atoms with Gasteiger partial charge < -0.3 is 19.5 Å². The second-order valence-electron chi connectivity index (χ2n) is 5.33. The lowest BCUT2D eigenvalue weighted by Gasteiger charge is -2.25. The molecule has 1 aromatic carbocycles. The Morgan fingerprint density at radius 1 is 1.33 bits per heavy atom. The molecule has 5 heteroatoms. The quantitative estimate of drug-likeness (QED) is 0.692. The lowest BCUT2D eigenvalue weighted by atomic mass is 10.1. The molecule has 0 saturated carbocycles. The van der Waals surface area contributed by atoms with Gasteiger partial charge in [0.1, 0.15) is 38.1 Å². The molecule has 0 spiro atoms.